The maximum atomic E-state index is 4.58. The van der Waals surface area contributed by atoms with Gasteiger partial charge in [0.2, 0.25) is 0 Å². The first kappa shape index (κ1) is 14.7. The van der Waals surface area contributed by atoms with Gasteiger partial charge < -0.3 is 5.32 Å². The van der Waals surface area contributed by atoms with Crippen molar-refractivity contribution in [3.8, 4) is 0 Å². The van der Waals surface area contributed by atoms with Crippen LogP contribution in [-0.2, 0) is 0 Å². The molecule has 2 aromatic heterocycles. The summed E-state index contributed by atoms with van der Waals surface area (Å²) in [5.41, 5.74) is 5.99. The fraction of sp³-hybridized carbons (Fsp3) is 0.412. The molecule has 0 radical (unpaired) electrons. The molecule has 0 fully saturated rings. The Bertz CT molecular complexity index is 555. The lowest BCUT2D eigenvalue weighted by Gasteiger charge is -2.23. The van der Waals surface area contributed by atoms with Gasteiger partial charge in [-0.25, -0.2) is 0 Å². The van der Waals surface area contributed by atoms with Crippen LogP contribution in [0, 0.1) is 20.8 Å². The summed E-state index contributed by atoms with van der Waals surface area (Å²) in [7, 11) is 0. The maximum Gasteiger partial charge on any atom is 0.0426 e. The summed E-state index contributed by atoms with van der Waals surface area (Å²) in [5, 5.41) is 3.63. The van der Waals surface area contributed by atoms with Crippen molar-refractivity contribution < 1.29 is 0 Å². The van der Waals surface area contributed by atoms with Crippen molar-refractivity contribution in [3.63, 3.8) is 0 Å². The molecule has 0 aromatic carbocycles. The molecule has 0 spiro atoms. The van der Waals surface area contributed by atoms with E-state index in [1.54, 1.807) is 6.20 Å². The minimum absolute atomic E-state index is 0.262. The summed E-state index contributed by atoms with van der Waals surface area (Å²) in [4.78, 5) is 8.76. The predicted octanol–water partition coefficient (Wildman–Crippen LogP) is 3.81. The highest BCUT2D eigenvalue weighted by molar-refractivity contribution is 5.33. The molecule has 2 atom stereocenters. The van der Waals surface area contributed by atoms with Crippen molar-refractivity contribution in [2.75, 3.05) is 0 Å². The van der Waals surface area contributed by atoms with Crippen LogP contribution < -0.4 is 5.32 Å². The lowest BCUT2D eigenvalue weighted by Crippen LogP contribution is -2.24. The molecule has 1 N–H and O–H groups in total. The number of rotatable bonds is 4. The topological polar surface area (TPSA) is 37.8 Å². The molecule has 0 aliphatic rings. The number of hydrogen-bond donors (Lipinski definition) is 1. The molecule has 3 heteroatoms. The van der Waals surface area contributed by atoms with E-state index in [0.717, 1.165) is 11.4 Å². The molecular weight excluding hydrogens is 246 g/mol. The third-order valence-corrected chi connectivity index (χ3v) is 3.70. The molecule has 0 saturated heterocycles. The molecule has 2 heterocycles. The first-order chi connectivity index (χ1) is 9.49. The Morgan fingerprint density at radius 1 is 1.10 bits per heavy atom. The van der Waals surface area contributed by atoms with E-state index in [0.29, 0.717) is 0 Å². The number of nitrogens with one attached hydrogen (secondary N) is 1. The first-order valence-corrected chi connectivity index (χ1v) is 7.09. The van der Waals surface area contributed by atoms with E-state index < -0.39 is 0 Å². The van der Waals surface area contributed by atoms with E-state index >= 15 is 0 Å². The van der Waals surface area contributed by atoms with E-state index in [1.807, 2.05) is 19.2 Å². The Morgan fingerprint density at radius 3 is 2.45 bits per heavy atom. The lowest BCUT2D eigenvalue weighted by atomic mass is 9.99. The van der Waals surface area contributed by atoms with Crippen LogP contribution in [0.2, 0.25) is 0 Å². The quantitative estimate of drug-likeness (QED) is 0.917. The molecule has 1 unspecified atom stereocenters. The van der Waals surface area contributed by atoms with Gasteiger partial charge in [-0.2, -0.15) is 0 Å². The van der Waals surface area contributed by atoms with Crippen molar-refractivity contribution in [1.29, 1.82) is 0 Å². The largest absolute Gasteiger partial charge is 0.304 e. The predicted molar refractivity (Wildman–Crippen MR) is 82.7 cm³/mol. The molecule has 0 saturated carbocycles. The average molecular weight is 269 g/mol. The van der Waals surface area contributed by atoms with Crippen LogP contribution in [0.4, 0.5) is 0 Å². The number of nitrogens with zero attached hydrogens (tertiary/aromatic N) is 2. The van der Waals surface area contributed by atoms with E-state index in [2.05, 4.69) is 55.1 Å². The minimum Gasteiger partial charge on any atom is -0.304 e. The molecule has 0 aliphatic heterocycles. The standard InChI is InChI=1S/C17H23N3/c1-11-9-12(2)19-14(4)17(11)15(5)20-13(3)16-7-6-8-18-10-16/h6-10,13,15,20H,1-5H3/t13-,15?/m0/s1. The number of aryl methyl sites for hydroxylation is 3. The Balaban J connectivity index is 2.19. The van der Waals surface area contributed by atoms with Gasteiger partial charge in [0.15, 0.2) is 0 Å². The molecule has 0 aliphatic carbocycles. The van der Waals surface area contributed by atoms with Crippen molar-refractivity contribution in [2.24, 2.45) is 0 Å². The SMILES string of the molecule is Cc1cc(C)c(C(C)N[C@@H](C)c2cccnc2)c(C)n1. The van der Waals surface area contributed by atoms with E-state index in [-0.39, 0.29) is 12.1 Å². The van der Waals surface area contributed by atoms with Gasteiger partial charge in [0, 0.05) is 35.9 Å². The second-order valence-electron chi connectivity index (χ2n) is 5.48. The van der Waals surface area contributed by atoms with Crippen molar-refractivity contribution in [1.82, 2.24) is 15.3 Å². The number of pyridine rings is 2. The van der Waals surface area contributed by atoms with E-state index in [4.69, 9.17) is 0 Å². The van der Waals surface area contributed by atoms with Gasteiger partial charge in [-0.05, 0) is 63.4 Å². The lowest BCUT2D eigenvalue weighted by molar-refractivity contribution is 0.489. The van der Waals surface area contributed by atoms with Gasteiger partial charge in [0.25, 0.3) is 0 Å². The summed E-state index contributed by atoms with van der Waals surface area (Å²) in [5.74, 6) is 0. The Hall–Kier alpha value is -1.74. The van der Waals surface area contributed by atoms with Crippen LogP contribution in [0.15, 0.2) is 30.6 Å². The number of hydrogen-bond acceptors (Lipinski definition) is 3. The zero-order valence-corrected chi connectivity index (χ0v) is 12.9. The van der Waals surface area contributed by atoms with Gasteiger partial charge >= 0.3 is 0 Å². The monoisotopic (exact) mass is 269 g/mol. The van der Waals surface area contributed by atoms with E-state index in [1.165, 1.54) is 16.7 Å². The maximum absolute atomic E-state index is 4.58. The van der Waals surface area contributed by atoms with Crippen LogP contribution >= 0.6 is 0 Å². The molecule has 0 bridgehead atoms. The highest BCUT2D eigenvalue weighted by Crippen LogP contribution is 2.24. The molecule has 106 valence electrons. The van der Waals surface area contributed by atoms with Gasteiger partial charge in [-0.1, -0.05) is 6.07 Å². The fourth-order valence-corrected chi connectivity index (χ4v) is 2.87. The highest BCUT2D eigenvalue weighted by atomic mass is 14.9. The second kappa shape index (κ2) is 6.14. The highest BCUT2D eigenvalue weighted by Gasteiger charge is 2.16. The van der Waals surface area contributed by atoms with Crippen molar-refractivity contribution >= 4 is 0 Å². The summed E-state index contributed by atoms with van der Waals surface area (Å²) in [6.45, 7) is 10.6. The van der Waals surface area contributed by atoms with Gasteiger partial charge in [0.05, 0.1) is 0 Å². The summed E-state index contributed by atoms with van der Waals surface area (Å²) in [6.07, 6.45) is 3.72. The molecular formula is C17H23N3. The van der Waals surface area contributed by atoms with Crippen molar-refractivity contribution in [3.05, 3.63) is 58.7 Å². The Morgan fingerprint density at radius 2 is 1.85 bits per heavy atom. The first-order valence-electron chi connectivity index (χ1n) is 7.09. The van der Waals surface area contributed by atoms with Gasteiger partial charge in [-0.15, -0.1) is 0 Å². The summed E-state index contributed by atoms with van der Waals surface area (Å²) < 4.78 is 0. The zero-order valence-electron chi connectivity index (χ0n) is 12.9. The molecule has 0 amide bonds. The van der Waals surface area contributed by atoms with E-state index in [9.17, 15) is 0 Å². The average Bonchev–Trinajstić information content (AvgIpc) is 2.38. The minimum atomic E-state index is 0.262. The second-order valence-corrected chi connectivity index (χ2v) is 5.48. The summed E-state index contributed by atoms with van der Waals surface area (Å²) >= 11 is 0. The van der Waals surface area contributed by atoms with Crippen LogP contribution in [0.25, 0.3) is 0 Å². The Labute approximate surface area is 121 Å². The van der Waals surface area contributed by atoms with Crippen LogP contribution in [0.1, 0.15) is 54.0 Å². The third kappa shape index (κ3) is 3.23. The molecule has 2 aromatic rings. The molecule has 3 nitrogen and oxygen atoms in total. The van der Waals surface area contributed by atoms with Crippen LogP contribution in [-0.4, -0.2) is 9.97 Å². The number of aromatic nitrogens is 2. The van der Waals surface area contributed by atoms with Gasteiger partial charge in [0.1, 0.15) is 0 Å². The molecule has 2 rings (SSSR count). The Kier molecular flexibility index (Phi) is 4.50. The van der Waals surface area contributed by atoms with Crippen LogP contribution in [0.5, 0.6) is 0 Å². The smallest absolute Gasteiger partial charge is 0.0426 e. The molecule has 20 heavy (non-hydrogen) atoms. The normalized spacial score (nSPS) is 14.1. The summed E-state index contributed by atoms with van der Waals surface area (Å²) in [6, 6.07) is 6.75. The third-order valence-electron chi connectivity index (χ3n) is 3.70. The van der Waals surface area contributed by atoms with Gasteiger partial charge in [-0.3, -0.25) is 9.97 Å². The zero-order chi connectivity index (χ0) is 14.7. The fourth-order valence-electron chi connectivity index (χ4n) is 2.87. The van der Waals surface area contributed by atoms with Crippen molar-refractivity contribution in [2.45, 2.75) is 46.7 Å². The van der Waals surface area contributed by atoms with Crippen LogP contribution in [0.3, 0.4) is 0 Å².